The number of benzene rings is 1. The highest BCUT2D eigenvalue weighted by Gasteiger charge is 2.13. The summed E-state index contributed by atoms with van der Waals surface area (Å²) in [6, 6.07) is 9.70. The minimum absolute atomic E-state index is 0.377. The number of hydrogen-bond acceptors (Lipinski definition) is 2. The normalized spacial score (nSPS) is 10.2. The Morgan fingerprint density at radius 2 is 2.06 bits per heavy atom. The molecule has 0 fully saturated rings. The maximum Gasteiger partial charge on any atom is 0.0835 e. The maximum absolute atomic E-state index is 8.79. The minimum atomic E-state index is 0.377. The zero-order chi connectivity index (χ0) is 12.4. The number of para-hydroxylation sites is 1. The molecule has 1 heterocycles. The zero-order valence-corrected chi connectivity index (χ0v) is 10.5. The molecule has 0 bridgehead atoms. The molecular formula is C13H12ClN3. The predicted octanol–water partition coefficient (Wildman–Crippen LogP) is 3.21. The van der Waals surface area contributed by atoms with Crippen molar-refractivity contribution in [1.29, 1.82) is 5.26 Å². The van der Waals surface area contributed by atoms with Crippen LogP contribution in [0.1, 0.15) is 17.0 Å². The van der Waals surface area contributed by atoms with Gasteiger partial charge < -0.3 is 0 Å². The summed E-state index contributed by atoms with van der Waals surface area (Å²) in [6.07, 6.45) is 0.377. The first-order valence-electron chi connectivity index (χ1n) is 5.32. The van der Waals surface area contributed by atoms with Crippen molar-refractivity contribution in [2.45, 2.75) is 20.3 Å². The van der Waals surface area contributed by atoms with E-state index in [1.165, 1.54) is 0 Å². The third kappa shape index (κ3) is 2.04. The van der Waals surface area contributed by atoms with Gasteiger partial charge >= 0.3 is 0 Å². The molecule has 0 amide bonds. The Balaban J connectivity index is 2.59. The first-order valence-corrected chi connectivity index (χ1v) is 5.70. The maximum atomic E-state index is 8.79. The second-order valence-electron chi connectivity index (χ2n) is 3.85. The molecule has 0 atom stereocenters. The van der Waals surface area contributed by atoms with E-state index in [0.29, 0.717) is 11.4 Å². The Labute approximate surface area is 105 Å². The first-order chi connectivity index (χ1) is 8.15. The van der Waals surface area contributed by atoms with E-state index in [2.05, 4.69) is 11.2 Å². The Kier molecular flexibility index (Phi) is 3.16. The lowest BCUT2D eigenvalue weighted by Crippen LogP contribution is -2.00. The van der Waals surface area contributed by atoms with Crippen LogP contribution < -0.4 is 0 Å². The van der Waals surface area contributed by atoms with E-state index in [1.54, 1.807) is 4.68 Å². The fourth-order valence-corrected chi connectivity index (χ4v) is 2.08. The molecule has 1 aromatic carbocycles. The Morgan fingerprint density at radius 1 is 1.35 bits per heavy atom. The summed E-state index contributed by atoms with van der Waals surface area (Å²) >= 11 is 6.14. The van der Waals surface area contributed by atoms with Crippen LogP contribution in [-0.2, 0) is 6.42 Å². The molecular weight excluding hydrogens is 234 g/mol. The summed E-state index contributed by atoms with van der Waals surface area (Å²) in [5.41, 5.74) is 3.67. The van der Waals surface area contributed by atoms with Crippen LogP contribution in [-0.4, -0.2) is 9.78 Å². The largest absolute Gasteiger partial charge is 0.236 e. The average molecular weight is 246 g/mol. The quantitative estimate of drug-likeness (QED) is 0.815. The molecule has 0 aliphatic heterocycles. The highest BCUT2D eigenvalue weighted by atomic mass is 35.5. The standard InChI is InChI=1S/C13H12ClN3/c1-9-11(7-8-15)10(2)17(16-9)13-6-4-3-5-12(13)14/h3-6H,7H2,1-2H3. The molecule has 86 valence electrons. The van der Waals surface area contributed by atoms with Crippen molar-refractivity contribution in [3.05, 3.63) is 46.2 Å². The molecule has 4 heteroatoms. The smallest absolute Gasteiger partial charge is 0.0835 e. The van der Waals surface area contributed by atoms with Gasteiger partial charge in [0, 0.05) is 11.3 Å². The molecule has 1 aromatic heterocycles. The molecule has 0 unspecified atom stereocenters. The molecule has 0 N–H and O–H groups in total. The Morgan fingerprint density at radius 3 is 2.71 bits per heavy atom. The van der Waals surface area contributed by atoms with E-state index in [4.69, 9.17) is 16.9 Å². The lowest BCUT2D eigenvalue weighted by Gasteiger charge is -2.06. The molecule has 3 nitrogen and oxygen atoms in total. The van der Waals surface area contributed by atoms with Gasteiger partial charge in [-0.1, -0.05) is 23.7 Å². The van der Waals surface area contributed by atoms with Crippen molar-refractivity contribution in [1.82, 2.24) is 9.78 Å². The van der Waals surface area contributed by atoms with Gasteiger partial charge in [0.25, 0.3) is 0 Å². The second-order valence-corrected chi connectivity index (χ2v) is 4.25. The molecule has 0 aliphatic rings. The predicted molar refractivity (Wildman–Crippen MR) is 67.4 cm³/mol. The number of aryl methyl sites for hydroxylation is 1. The van der Waals surface area contributed by atoms with E-state index in [1.807, 2.05) is 38.1 Å². The Hall–Kier alpha value is -1.79. The summed E-state index contributed by atoms with van der Waals surface area (Å²) < 4.78 is 1.80. The fourth-order valence-electron chi connectivity index (χ4n) is 1.87. The van der Waals surface area contributed by atoms with Gasteiger partial charge in [-0.05, 0) is 26.0 Å². The molecule has 0 aliphatic carbocycles. The number of halogens is 1. The van der Waals surface area contributed by atoms with Crippen LogP contribution in [0.15, 0.2) is 24.3 Å². The Bertz CT molecular complexity index is 593. The van der Waals surface area contributed by atoms with Crippen molar-refractivity contribution in [3.63, 3.8) is 0 Å². The van der Waals surface area contributed by atoms with Crippen LogP contribution in [0.25, 0.3) is 5.69 Å². The third-order valence-corrected chi connectivity index (χ3v) is 3.10. The van der Waals surface area contributed by atoms with Crippen LogP contribution in [0.4, 0.5) is 0 Å². The van der Waals surface area contributed by atoms with Crippen molar-refractivity contribution >= 4 is 11.6 Å². The zero-order valence-electron chi connectivity index (χ0n) is 9.74. The first kappa shape index (κ1) is 11.7. The van der Waals surface area contributed by atoms with Crippen molar-refractivity contribution < 1.29 is 0 Å². The molecule has 0 radical (unpaired) electrons. The third-order valence-electron chi connectivity index (χ3n) is 2.78. The van der Waals surface area contributed by atoms with E-state index in [-0.39, 0.29) is 0 Å². The van der Waals surface area contributed by atoms with Crippen LogP contribution >= 0.6 is 11.6 Å². The number of hydrogen-bond donors (Lipinski definition) is 0. The topological polar surface area (TPSA) is 41.6 Å². The molecule has 17 heavy (non-hydrogen) atoms. The summed E-state index contributed by atoms with van der Waals surface area (Å²) in [4.78, 5) is 0. The van der Waals surface area contributed by atoms with Crippen molar-refractivity contribution in [3.8, 4) is 11.8 Å². The molecule has 0 spiro atoms. The lowest BCUT2D eigenvalue weighted by atomic mass is 10.1. The van der Waals surface area contributed by atoms with Crippen LogP contribution in [0, 0.1) is 25.2 Å². The van der Waals surface area contributed by atoms with Crippen molar-refractivity contribution in [2.24, 2.45) is 0 Å². The summed E-state index contributed by atoms with van der Waals surface area (Å²) in [5.74, 6) is 0. The number of rotatable bonds is 2. The fraction of sp³-hybridized carbons (Fsp3) is 0.231. The van der Waals surface area contributed by atoms with Gasteiger partial charge in [0.2, 0.25) is 0 Å². The van der Waals surface area contributed by atoms with Crippen LogP contribution in [0.5, 0.6) is 0 Å². The number of aromatic nitrogens is 2. The molecule has 2 rings (SSSR count). The van der Waals surface area contributed by atoms with Crippen LogP contribution in [0.3, 0.4) is 0 Å². The highest BCUT2D eigenvalue weighted by Crippen LogP contribution is 2.23. The summed E-state index contributed by atoms with van der Waals surface area (Å²) in [6.45, 7) is 3.86. The van der Waals surface area contributed by atoms with Crippen LogP contribution in [0.2, 0.25) is 5.02 Å². The SMILES string of the molecule is Cc1nn(-c2ccccc2Cl)c(C)c1CC#N. The molecule has 0 saturated carbocycles. The summed E-state index contributed by atoms with van der Waals surface area (Å²) in [5, 5.41) is 13.9. The minimum Gasteiger partial charge on any atom is -0.236 e. The molecule has 0 saturated heterocycles. The highest BCUT2D eigenvalue weighted by molar-refractivity contribution is 6.32. The van der Waals surface area contributed by atoms with E-state index in [0.717, 1.165) is 22.6 Å². The second kappa shape index (κ2) is 4.60. The number of nitriles is 1. The molecule has 2 aromatic rings. The van der Waals surface area contributed by atoms with Gasteiger partial charge in [0.1, 0.15) is 0 Å². The van der Waals surface area contributed by atoms with Gasteiger partial charge in [-0.2, -0.15) is 10.4 Å². The van der Waals surface area contributed by atoms with E-state index in [9.17, 15) is 0 Å². The van der Waals surface area contributed by atoms with Crippen molar-refractivity contribution in [2.75, 3.05) is 0 Å². The van der Waals surface area contributed by atoms with Gasteiger partial charge in [0.05, 0.1) is 28.9 Å². The summed E-state index contributed by atoms with van der Waals surface area (Å²) in [7, 11) is 0. The lowest BCUT2D eigenvalue weighted by molar-refractivity contribution is 0.833. The van der Waals surface area contributed by atoms with E-state index < -0.39 is 0 Å². The van der Waals surface area contributed by atoms with Gasteiger partial charge in [-0.3, -0.25) is 0 Å². The van der Waals surface area contributed by atoms with Gasteiger partial charge in [-0.25, -0.2) is 4.68 Å². The van der Waals surface area contributed by atoms with Gasteiger partial charge in [-0.15, -0.1) is 0 Å². The monoisotopic (exact) mass is 245 g/mol. The van der Waals surface area contributed by atoms with E-state index >= 15 is 0 Å². The number of nitrogens with zero attached hydrogens (tertiary/aromatic N) is 3. The average Bonchev–Trinajstić information content (AvgIpc) is 2.58. The van der Waals surface area contributed by atoms with Gasteiger partial charge in [0.15, 0.2) is 0 Å².